The van der Waals surface area contributed by atoms with Crippen molar-refractivity contribution in [3.05, 3.63) is 58.6 Å². The molecule has 0 spiro atoms. The molecular formula is C20H21ClF2O3S. The first-order valence-corrected chi connectivity index (χ1v) is 10.7. The van der Waals surface area contributed by atoms with Crippen molar-refractivity contribution in [1.82, 2.24) is 0 Å². The number of ether oxygens (including phenoxy) is 1. The van der Waals surface area contributed by atoms with Crippen LogP contribution < -0.4 is 4.74 Å². The van der Waals surface area contributed by atoms with Crippen LogP contribution in [0.1, 0.15) is 45.1 Å². The Morgan fingerprint density at radius 1 is 1.15 bits per heavy atom. The second-order valence-electron chi connectivity index (χ2n) is 6.92. The van der Waals surface area contributed by atoms with Crippen LogP contribution >= 0.6 is 11.6 Å². The molecule has 0 N–H and O–H groups in total. The molecule has 1 heterocycles. The van der Waals surface area contributed by atoms with Gasteiger partial charge in [-0.2, -0.15) is 0 Å². The van der Waals surface area contributed by atoms with Crippen LogP contribution in [-0.4, -0.2) is 14.5 Å². The second kappa shape index (κ2) is 7.40. The summed E-state index contributed by atoms with van der Waals surface area (Å²) >= 11 is 5.89. The van der Waals surface area contributed by atoms with E-state index in [0.717, 1.165) is 18.6 Å². The highest BCUT2D eigenvalue weighted by atomic mass is 35.5. The van der Waals surface area contributed by atoms with E-state index in [4.69, 9.17) is 16.3 Å². The summed E-state index contributed by atoms with van der Waals surface area (Å²) in [5.41, 5.74) is -0.205. The third kappa shape index (κ3) is 3.34. The summed E-state index contributed by atoms with van der Waals surface area (Å²) in [6.45, 7) is 3.60. The van der Waals surface area contributed by atoms with Gasteiger partial charge in [-0.1, -0.05) is 31.4 Å². The van der Waals surface area contributed by atoms with E-state index in [1.54, 1.807) is 6.92 Å². The van der Waals surface area contributed by atoms with Gasteiger partial charge in [-0.25, -0.2) is 17.2 Å². The molecule has 0 aliphatic carbocycles. The quantitative estimate of drug-likeness (QED) is 0.635. The van der Waals surface area contributed by atoms with Crippen LogP contribution in [0.15, 0.2) is 41.3 Å². The van der Waals surface area contributed by atoms with Gasteiger partial charge in [0.05, 0.1) is 16.6 Å². The van der Waals surface area contributed by atoms with E-state index in [0.29, 0.717) is 11.4 Å². The lowest BCUT2D eigenvalue weighted by Gasteiger charge is -2.41. The Morgan fingerprint density at radius 2 is 1.78 bits per heavy atom. The minimum atomic E-state index is -4.04. The number of halogens is 3. The van der Waals surface area contributed by atoms with E-state index < -0.39 is 32.3 Å². The summed E-state index contributed by atoms with van der Waals surface area (Å²) in [5.74, 6) is -1.83. The Labute approximate surface area is 163 Å². The summed E-state index contributed by atoms with van der Waals surface area (Å²) in [4.78, 5) is 0.0340. The summed E-state index contributed by atoms with van der Waals surface area (Å²) < 4.78 is 60.7. The normalized spacial score (nSPS) is 22.2. The van der Waals surface area contributed by atoms with Gasteiger partial charge >= 0.3 is 0 Å². The predicted molar refractivity (Wildman–Crippen MR) is 101 cm³/mol. The van der Waals surface area contributed by atoms with E-state index >= 15 is 0 Å². The molecule has 1 unspecified atom stereocenters. The minimum absolute atomic E-state index is 0.0340. The van der Waals surface area contributed by atoms with Gasteiger partial charge in [0.25, 0.3) is 0 Å². The smallest absolute Gasteiger partial charge is 0.188 e. The molecule has 7 heteroatoms. The minimum Gasteiger partial charge on any atom is -0.487 e. The number of fused-ring (bicyclic) bond motifs is 1. The highest BCUT2D eigenvalue weighted by Gasteiger charge is 2.53. The molecule has 1 aliphatic rings. The molecule has 3 nitrogen and oxygen atoms in total. The molecule has 0 aromatic heterocycles. The number of unbranched alkanes of at least 4 members (excludes halogenated alkanes) is 1. The van der Waals surface area contributed by atoms with E-state index in [1.807, 2.05) is 6.92 Å². The zero-order valence-corrected chi connectivity index (χ0v) is 16.7. The SMILES string of the molecule is CCCC[C@]1(S(=O)(=O)c2ccc(Cl)cc2)CC(C)Oc2c(F)ccc(F)c21. The second-order valence-corrected chi connectivity index (χ2v) is 9.62. The third-order valence-electron chi connectivity index (χ3n) is 5.02. The number of rotatable bonds is 5. The van der Waals surface area contributed by atoms with E-state index in [2.05, 4.69) is 0 Å². The molecule has 2 aromatic carbocycles. The molecule has 0 saturated heterocycles. The molecule has 0 fully saturated rings. The number of sulfone groups is 1. The lowest BCUT2D eigenvalue weighted by atomic mass is 9.84. The van der Waals surface area contributed by atoms with Crippen molar-refractivity contribution in [2.24, 2.45) is 0 Å². The van der Waals surface area contributed by atoms with E-state index in [9.17, 15) is 17.2 Å². The zero-order chi connectivity index (χ0) is 19.8. The van der Waals surface area contributed by atoms with Crippen LogP contribution in [0, 0.1) is 11.6 Å². The van der Waals surface area contributed by atoms with Crippen molar-refractivity contribution in [3.63, 3.8) is 0 Å². The molecule has 0 saturated carbocycles. The maximum Gasteiger partial charge on any atom is 0.188 e. The van der Waals surface area contributed by atoms with Gasteiger partial charge in [-0.05, 0) is 49.7 Å². The summed E-state index contributed by atoms with van der Waals surface area (Å²) in [6, 6.07) is 7.70. The fraction of sp³-hybridized carbons (Fsp3) is 0.400. The Hall–Kier alpha value is -1.66. The first-order valence-electron chi connectivity index (χ1n) is 8.88. The Kier molecular flexibility index (Phi) is 5.50. The highest BCUT2D eigenvalue weighted by Crippen LogP contribution is 2.52. The number of hydrogen-bond acceptors (Lipinski definition) is 3. The molecule has 1 aliphatic heterocycles. The topological polar surface area (TPSA) is 43.4 Å². The average molecular weight is 415 g/mol. The lowest BCUT2D eigenvalue weighted by Crippen LogP contribution is -2.44. The Bertz CT molecular complexity index is 944. The van der Waals surface area contributed by atoms with Gasteiger partial charge in [0, 0.05) is 11.4 Å². The van der Waals surface area contributed by atoms with Gasteiger partial charge in [-0.15, -0.1) is 0 Å². The van der Waals surface area contributed by atoms with Gasteiger partial charge in [0.2, 0.25) is 0 Å². The molecule has 3 rings (SSSR count). The van der Waals surface area contributed by atoms with Crippen molar-refractivity contribution >= 4 is 21.4 Å². The largest absolute Gasteiger partial charge is 0.487 e. The van der Waals surface area contributed by atoms with Crippen LogP contribution in [0.25, 0.3) is 0 Å². The Balaban J connectivity index is 2.32. The average Bonchev–Trinajstić information content (AvgIpc) is 2.63. The van der Waals surface area contributed by atoms with Gasteiger partial charge in [0.15, 0.2) is 21.4 Å². The van der Waals surface area contributed by atoms with Crippen molar-refractivity contribution in [2.75, 3.05) is 0 Å². The standard InChI is InChI=1S/C20H21ClF2O3S/c1-3-4-11-20(27(24,25)15-7-5-14(21)6-8-15)12-13(2)26-19-17(23)10-9-16(22)18(19)20/h5-10,13H,3-4,11-12H2,1-2H3/t13?,20-/m0/s1. The Morgan fingerprint density at radius 3 is 2.41 bits per heavy atom. The first-order chi connectivity index (χ1) is 12.7. The van der Waals surface area contributed by atoms with Crippen LogP contribution in [-0.2, 0) is 14.6 Å². The first kappa shape index (κ1) is 20.1. The van der Waals surface area contributed by atoms with E-state index in [-0.39, 0.29) is 29.1 Å². The van der Waals surface area contributed by atoms with Crippen molar-refractivity contribution < 1.29 is 21.9 Å². The molecule has 0 amide bonds. The summed E-state index contributed by atoms with van der Waals surface area (Å²) in [7, 11) is -4.04. The molecule has 2 aromatic rings. The molecular weight excluding hydrogens is 394 g/mol. The molecule has 27 heavy (non-hydrogen) atoms. The zero-order valence-electron chi connectivity index (χ0n) is 15.1. The molecule has 0 radical (unpaired) electrons. The monoisotopic (exact) mass is 414 g/mol. The van der Waals surface area contributed by atoms with Crippen LogP contribution in [0.4, 0.5) is 8.78 Å². The fourth-order valence-corrected chi connectivity index (χ4v) is 6.19. The van der Waals surface area contributed by atoms with Crippen LogP contribution in [0.3, 0.4) is 0 Å². The van der Waals surface area contributed by atoms with Gasteiger partial charge < -0.3 is 4.74 Å². The van der Waals surface area contributed by atoms with Gasteiger partial charge in [0.1, 0.15) is 10.6 Å². The summed E-state index contributed by atoms with van der Waals surface area (Å²) in [6.07, 6.45) is 0.919. The molecule has 146 valence electrons. The maximum absolute atomic E-state index is 14.9. The summed E-state index contributed by atoms with van der Waals surface area (Å²) in [5, 5.41) is 0.398. The van der Waals surface area contributed by atoms with Crippen LogP contribution in [0.2, 0.25) is 5.02 Å². The van der Waals surface area contributed by atoms with E-state index in [1.165, 1.54) is 24.3 Å². The van der Waals surface area contributed by atoms with Crippen molar-refractivity contribution in [1.29, 1.82) is 0 Å². The van der Waals surface area contributed by atoms with Gasteiger partial charge in [-0.3, -0.25) is 0 Å². The third-order valence-corrected chi connectivity index (χ3v) is 7.77. The number of hydrogen-bond donors (Lipinski definition) is 0. The van der Waals surface area contributed by atoms with Crippen molar-refractivity contribution in [2.45, 2.75) is 55.3 Å². The molecule has 2 atom stereocenters. The van der Waals surface area contributed by atoms with Crippen LogP contribution in [0.5, 0.6) is 5.75 Å². The number of benzene rings is 2. The predicted octanol–water partition coefficient (Wildman–Crippen LogP) is 5.65. The fourth-order valence-electron chi connectivity index (χ4n) is 3.79. The molecule has 0 bridgehead atoms. The maximum atomic E-state index is 14.9. The highest BCUT2D eigenvalue weighted by molar-refractivity contribution is 7.92. The van der Waals surface area contributed by atoms with Crippen molar-refractivity contribution in [3.8, 4) is 5.75 Å². The lowest BCUT2D eigenvalue weighted by molar-refractivity contribution is 0.147.